The Morgan fingerprint density at radius 3 is 1.63 bits per heavy atom. The van der Waals surface area contributed by atoms with Crippen LogP contribution in [0, 0.1) is 11.8 Å². The lowest BCUT2D eigenvalue weighted by Gasteiger charge is -2.55. The molecule has 0 spiro atoms. The number of alkyl halides is 2. The van der Waals surface area contributed by atoms with Gasteiger partial charge in [0.15, 0.2) is 0 Å². The minimum absolute atomic E-state index is 0.140. The van der Waals surface area contributed by atoms with E-state index in [1.807, 2.05) is 36.4 Å². The van der Waals surface area contributed by atoms with Crippen LogP contribution in [0.2, 0.25) is 0 Å². The maximum absolute atomic E-state index is 13.7. The van der Waals surface area contributed by atoms with Crippen molar-refractivity contribution in [3.05, 3.63) is 101 Å². The molecule has 0 saturated carbocycles. The van der Waals surface area contributed by atoms with E-state index in [-0.39, 0.29) is 18.4 Å². The molecule has 0 radical (unpaired) electrons. The molecular formula is C24H16Br2N2O2. The van der Waals surface area contributed by atoms with Crippen molar-refractivity contribution in [3.63, 3.8) is 0 Å². The van der Waals surface area contributed by atoms with Crippen LogP contribution in [-0.2, 0) is 24.8 Å². The Hall–Kier alpha value is -2.31. The van der Waals surface area contributed by atoms with Crippen LogP contribution in [0.15, 0.2) is 73.1 Å². The summed E-state index contributed by atoms with van der Waals surface area (Å²) in [6, 6.07) is 19.9. The summed E-state index contributed by atoms with van der Waals surface area (Å²) in [6.45, 7) is 0.233. The number of likely N-dealkylation sites (tertiary alicyclic amines) is 1. The summed E-state index contributed by atoms with van der Waals surface area (Å²) < 4.78 is -1.48. The summed E-state index contributed by atoms with van der Waals surface area (Å²) in [4.78, 5) is 33.0. The van der Waals surface area contributed by atoms with Gasteiger partial charge in [-0.25, -0.2) is 0 Å². The quantitative estimate of drug-likeness (QED) is 0.367. The minimum Gasteiger partial charge on any atom is -0.277 e. The first kappa shape index (κ1) is 18.5. The van der Waals surface area contributed by atoms with Crippen LogP contribution in [-0.4, -0.2) is 21.7 Å². The van der Waals surface area contributed by atoms with Crippen LogP contribution in [0.4, 0.5) is 0 Å². The van der Waals surface area contributed by atoms with Crippen molar-refractivity contribution in [2.24, 2.45) is 11.8 Å². The third-order valence-electron chi connectivity index (χ3n) is 6.74. The summed E-state index contributed by atoms with van der Waals surface area (Å²) in [5, 5.41) is 0. The monoisotopic (exact) mass is 522 g/mol. The van der Waals surface area contributed by atoms with E-state index in [4.69, 9.17) is 0 Å². The molecule has 2 atom stereocenters. The summed E-state index contributed by atoms with van der Waals surface area (Å²) in [7, 11) is 0. The lowest BCUT2D eigenvalue weighted by atomic mass is 9.54. The van der Waals surface area contributed by atoms with Gasteiger partial charge < -0.3 is 0 Å². The van der Waals surface area contributed by atoms with Gasteiger partial charge in [0.25, 0.3) is 0 Å². The average molecular weight is 524 g/mol. The van der Waals surface area contributed by atoms with Crippen molar-refractivity contribution in [2.45, 2.75) is 15.2 Å². The molecule has 3 aliphatic carbocycles. The van der Waals surface area contributed by atoms with Gasteiger partial charge in [0.2, 0.25) is 11.8 Å². The maximum atomic E-state index is 13.7. The van der Waals surface area contributed by atoms with E-state index in [1.165, 1.54) is 4.90 Å². The Morgan fingerprint density at radius 2 is 1.23 bits per heavy atom. The highest BCUT2D eigenvalue weighted by atomic mass is 79.9. The van der Waals surface area contributed by atoms with Crippen molar-refractivity contribution in [1.82, 2.24) is 9.88 Å². The number of hydrogen-bond donors (Lipinski definition) is 0. The number of aromatic nitrogens is 1. The second-order valence-corrected chi connectivity index (χ2v) is 10.6. The van der Waals surface area contributed by atoms with Crippen molar-refractivity contribution >= 4 is 43.7 Å². The van der Waals surface area contributed by atoms with Gasteiger partial charge in [-0.1, -0.05) is 86.5 Å². The first-order valence-corrected chi connectivity index (χ1v) is 11.4. The van der Waals surface area contributed by atoms with Gasteiger partial charge in [0.1, 0.15) is 0 Å². The fourth-order valence-corrected chi connectivity index (χ4v) is 7.86. The largest absolute Gasteiger partial charge is 0.277 e. The van der Waals surface area contributed by atoms with E-state index in [2.05, 4.69) is 61.1 Å². The van der Waals surface area contributed by atoms with E-state index < -0.39 is 20.5 Å². The molecule has 148 valence electrons. The predicted octanol–water partition coefficient (Wildman–Crippen LogP) is 4.49. The first-order chi connectivity index (χ1) is 14.5. The number of halogens is 2. The van der Waals surface area contributed by atoms with Crippen molar-refractivity contribution in [3.8, 4) is 0 Å². The molecule has 4 nitrogen and oxygen atoms in total. The number of nitrogens with zero attached hydrogens (tertiary/aromatic N) is 2. The number of amides is 2. The number of imide groups is 1. The molecule has 7 rings (SSSR count). The van der Waals surface area contributed by atoms with E-state index in [0.717, 1.165) is 27.8 Å². The zero-order valence-electron chi connectivity index (χ0n) is 15.8. The van der Waals surface area contributed by atoms with Crippen LogP contribution < -0.4 is 0 Å². The second kappa shape index (κ2) is 6.11. The molecule has 2 aromatic carbocycles. The molecule has 3 aromatic rings. The molecule has 1 aromatic heterocycles. The van der Waals surface area contributed by atoms with Gasteiger partial charge in [0, 0.05) is 12.4 Å². The van der Waals surface area contributed by atoms with Gasteiger partial charge in [-0.3, -0.25) is 19.5 Å². The Balaban J connectivity index is 1.59. The SMILES string of the molecule is O=C1C2C(C(=O)N1Cc1cccnc1)C1(Br)c3ccccc3C2(Br)c2ccccc21. The molecule has 1 aliphatic heterocycles. The maximum Gasteiger partial charge on any atom is 0.235 e. The normalized spacial score (nSPS) is 30.8. The third kappa shape index (κ3) is 2.04. The Kier molecular flexibility index (Phi) is 3.76. The molecule has 30 heavy (non-hydrogen) atoms. The number of rotatable bonds is 2. The summed E-state index contributed by atoms with van der Waals surface area (Å²) in [6.07, 6.45) is 3.39. The van der Waals surface area contributed by atoms with Gasteiger partial charge in [-0.15, -0.1) is 0 Å². The fourth-order valence-electron chi connectivity index (χ4n) is 5.55. The molecule has 2 unspecified atom stereocenters. The molecule has 0 N–H and O–H groups in total. The van der Waals surface area contributed by atoms with E-state index in [0.29, 0.717) is 0 Å². The fraction of sp³-hybridized carbons (Fsp3) is 0.208. The first-order valence-electron chi connectivity index (χ1n) is 9.81. The van der Waals surface area contributed by atoms with E-state index >= 15 is 0 Å². The number of carbonyl (C=O) groups is 2. The number of carbonyl (C=O) groups excluding carboxylic acids is 2. The lowest BCUT2D eigenvalue weighted by Crippen LogP contribution is -2.56. The zero-order valence-corrected chi connectivity index (χ0v) is 18.9. The minimum atomic E-state index is -0.739. The molecule has 6 heteroatoms. The summed E-state index contributed by atoms with van der Waals surface area (Å²) in [5.74, 6) is -1.33. The second-order valence-electron chi connectivity index (χ2n) is 8.09. The standard InChI is InChI=1S/C24H16Br2N2O2/c25-23-15-7-1-2-8-16(15)24(26,18-10-4-3-9-17(18)23)20-19(23)21(29)28(22(20)30)13-14-6-5-11-27-12-14/h1-12,19-20H,13H2. The van der Waals surface area contributed by atoms with Crippen LogP contribution in [0.3, 0.4) is 0 Å². The summed E-state index contributed by atoms with van der Waals surface area (Å²) in [5.41, 5.74) is 5.03. The van der Waals surface area contributed by atoms with Gasteiger partial charge in [-0.2, -0.15) is 0 Å². The topological polar surface area (TPSA) is 50.3 Å². The van der Waals surface area contributed by atoms with Gasteiger partial charge in [0.05, 0.1) is 27.0 Å². The van der Waals surface area contributed by atoms with Crippen molar-refractivity contribution < 1.29 is 9.59 Å². The highest BCUT2D eigenvalue weighted by molar-refractivity contribution is 9.10. The molecule has 2 amide bonds. The van der Waals surface area contributed by atoms with Gasteiger partial charge in [-0.05, 0) is 33.9 Å². The Bertz CT molecular complexity index is 1110. The van der Waals surface area contributed by atoms with Crippen LogP contribution >= 0.6 is 31.9 Å². The molecule has 2 heterocycles. The van der Waals surface area contributed by atoms with E-state index in [9.17, 15) is 9.59 Å². The smallest absolute Gasteiger partial charge is 0.235 e. The zero-order chi connectivity index (χ0) is 20.7. The molecule has 1 saturated heterocycles. The van der Waals surface area contributed by atoms with E-state index in [1.54, 1.807) is 12.4 Å². The molecule has 4 aliphatic rings. The Morgan fingerprint density at radius 1 is 0.767 bits per heavy atom. The number of pyridine rings is 1. The highest BCUT2D eigenvalue weighted by Gasteiger charge is 2.72. The molecular weight excluding hydrogens is 508 g/mol. The number of benzene rings is 2. The molecule has 2 bridgehead atoms. The lowest BCUT2D eigenvalue weighted by molar-refractivity contribution is -0.140. The van der Waals surface area contributed by atoms with Crippen LogP contribution in [0.25, 0.3) is 0 Å². The van der Waals surface area contributed by atoms with Crippen molar-refractivity contribution in [2.75, 3.05) is 0 Å². The summed E-state index contributed by atoms with van der Waals surface area (Å²) >= 11 is 8.02. The van der Waals surface area contributed by atoms with Crippen molar-refractivity contribution in [1.29, 1.82) is 0 Å². The Labute approximate surface area is 190 Å². The van der Waals surface area contributed by atoms with Gasteiger partial charge >= 0.3 is 0 Å². The average Bonchev–Trinajstić information content (AvgIpc) is 3.04. The molecule has 1 fully saturated rings. The van der Waals surface area contributed by atoms with Crippen LogP contribution in [0.5, 0.6) is 0 Å². The number of hydrogen-bond acceptors (Lipinski definition) is 3. The predicted molar refractivity (Wildman–Crippen MR) is 119 cm³/mol. The highest BCUT2D eigenvalue weighted by Crippen LogP contribution is 2.70. The third-order valence-corrected chi connectivity index (χ3v) is 9.44. The van der Waals surface area contributed by atoms with Crippen LogP contribution in [0.1, 0.15) is 27.8 Å².